The molecular weight excluding hydrogens is 299 g/mol. The largest absolute Gasteiger partial charge is 0.507 e. The van der Waals surface area contributed by atoms with Crippen molar-refractivity contribution in [2.24, 2.45) is 0 Å². The van der Waals surface area contributed by atoms with Gasteiger partial charge in [-0.15, -0.1) is 11.8 Å². The second-order valence-corrected chi connectivity index (χ2v) is 5.69. The SMILES string of the molecule is CC(=O)c1cc(Cl)cc(CSc2ccccc2F)c1O. The fourth-order valence-corrected chi connectivity index (χ4v) is 2.90. The molecular formula is C15H12ClFO2S. The number of hydrogen-bond acceptors (Lipinski definition) is 3. The molecule has 0 bridgehead atoms. The summed E-state index contributed by atoms with van der Waals surface area (Å²) in [6.07, 6.45) is 0. The minimum atomic E-state index is -0.314. The van der Waals surface area contributed by atoms with Crippen LogP contribution in [0.2, 0.25) is 5.02 Å². The molecule has 0 atom stereocenters. The van der Waals surface area contributed by atoms with Gasteiger partial charge in [0.15, 0.2) is 5.78 Å². The number of halogens is 2. The van der Waals surface area contributed by atoms with Crippen LogP contribution in [0, 0.1) is 5.82 Å². The van der Waals surface area contributed by atoms with Gasteiger partial charge in [0.2, 0.25) is 0 Å². The Balaban J connectivity index is 2.26. The Morgan fingerprint density at radius 3 is 2.70 bits per heavy atom. The van der Waals surface area contributed by atoms with Gasteiger partial charge in [0, 0.05) is 21.2 Å². The minimum Gasteiger partial charge on any atom is -0.507 e. The molecule has 104 valence electrons. The molecule has 0 amide bonds. The second kappa shape index (κ2) is 6.29. The lowest BCUT2D eigenvalue weighted by Crippen LogP contribution is -1.96. The Morgan fingerprint density at radius 2 is 2.05 bits per heavy atom. The molecule has 0 saturated heterocycles. The van der Waals surface area contributed by atoms with Gasteiger partial charge in [-0.1, -0.05) is 23.7 Å². The zero-order valence-electron chi connectivity index (χ0n) is 10.7. The number of benzene rings is 2. The number of rotatable bonds is 4. The first kappa shape index (κ1) is 14.9. The summed E-state index contributed by atoms with van der Waals surface area (Å²) in [5, 5.41) is 10.4. The Bertz CT molecular complexity index is 658. The van der Waals surface area contributed by atoms with Crippen LogP contribution in [0.3, 0.4) is 0 Å². The maximum Gasteiger partial charge on any atom is 0.163 e. The normalized spacial score (nSPS) is 10.6. The van der Waals surface area contributed by atoms with Gasteiger partial charge in [0.25, 0.3) is 0 Å². The topological polar surface area (TPSA) is 37.3 Å². The van der Waals surface area contributed by atoms with Crippen LogP contribution < -0.4 is 0 Å². The third kappa shape index (κ3) is 3.32. The van der Waals surface area contributed by atoms with Crippen molar-refractivity contribution in [3.05, 3.63) is 58.4 Å². The lowest BCUT2D eigenvalue weighted by Gasteiger charge is -2.09. The number of aromatic hydroxyl groups is 1. The van der Waals surface area contributed by atoms with Crippen LogP contribution in [-0.4, -0.2) is 10.9 Å². The van der Waals surface area contributed by atoms with Crippen molar-refractivity contribution in [1.29, 1.82) is 0 Å². The summed E-state index contributed by atoms with van der Waals surface area (Å²) in [6, 6.07) is 9.40. The highest BCUT2D eigenvalue weighted by atomic mass is 35.5. The van der Waals surface area contributed by atoms with Gasteiger partial charge < -0.3 is 5.11 Å². The number of carbonyl (C=O) groups is 1. The van der Waals surface area contributed by atoms with E-state index in [2.05, 4.69) is 0 Å². The molecule has 2 nitrogen and oxygen atoms in total. The summed E-state index contributed by atoms with van der Waals surface area (Å²) in [6.45, 7) is 1.36. The zero-order valence-corrected chi connectivity index (χ0v) is 12.3. The number of phenols is 1. The summed E-state index contributed by atoms with van der Waals surface area (Å²) >= 11 is 7.17. The van der Waals surface area contributed by atoms with Gasteiger partial charge in [0.1, 0.15) is 11.6 Å². The first-order valence-electron chi connectivity index (χ1n) is 5.88. The smallest absolute Gasteiger partial charge is 0.163 e. The van der Waals surface area contributed by atoms with Crippen LogP contribution in [0.15, 0.2) is 41.3 Å². The average molecular weight is 311 g/mol. The molecule has 0 unspecified atom stereocenters. The van der Waals surface area contributed by atoms with Crippen LogP contribution in [0.1, 0.15) is 22.8 Å². The Labute approximate surface area is 125 Å². The van der Waals surface area contributed by atoms with Gasteiger partial charge >= 0.3 is 0 Å². The lowest BCUT2D eigenvalue weighted by atomic mass is 10.1. The molecule has 0 saturated carbocycles. The summed E-state index contributed by atoms with van der Waals surface area (Å²) in [5.41, 5.74) is 0.692. The quantitative estimate of drug-likeness (QED) is 0.658. The molecule has 1 N–H and O–H groups in total. The van der Waals surface area contributed by atoms with E-state index in [1.54, 1.807) is 24.3 Å². The highest BCUT2D eigenvalue weighted by Gasteiger charge is 2.13. The van der Waals surface area contributed by atoms with Crippen molar-refractivity contribution >= 4 is 29.1 Å². The van der Waals surface area contributed by atoms with Crippen molar-refractivity contribution < 1.29 is 14.3 Å². The summed E-state index contributed by atoms with van der Waals surface area (Å²) in [5.74, 6) is -0.341. The molecule has 0 fully saturated rings. The third-order valence-electron chi connectivity index (χ3n) is 2.75. The maximum atomic E-state index is 13.5. The number of carbonyl (C=O) groups excluding carboxylic acids is 1. The number of phenolic OH excluding ortho intramolecular Hbond substituents is 1. The Hall–Kier alpha value is -1.52. The van der Waals surface area contributed by atoms with E-state index in [1.807, 2.05) is 0 Å². The van der Waals surface area contributed by atoms with Crippen molar-refractivity contribution in [2.45, 2.75) is 17.6 Å². The second-order valence-electron chi connectivity index (χ2n) is 4.24. The first-order chi connectivity index (χ1) is 9.49. The zero-order chi connectivity index (χ0) is 14.7. The number of Topliss-reactive ketones (excluding diaryl/α,β-unsaturated/α-hetero) is 1. The summed E-state index contributed by atoms with van der Waals surface area (Å²) < 4.78 is 13.5. The van der Waals surface area contributed by atoms with Crippen molar-refractivity contribution in [2.75, 3.05) is 0 Å². The standard InChI is InChI=1S/C15H12ClFO2S/c1-9(18)12-7-11(16)6-10(15(12)19)8-20-14-5-3-2-4-13(14)17/h2-7,19H,8H2,1H3. The molecule has 0 aromatic heterocycles. The number of hydrogen-bond donors (Lipinski definition) is 1. The molecule has 0 heterocycles. The molecule has 20 heavy (non-hydrogen) atoms. The van der Waals surface area contributed by atoms with Crippen molar-refractivity contribution in [1.82, 2.24) is 0 Å². The van der Waals surface area contributed by atoms with Gasteiger partial charge in [-0.2, -0.15) is 0 Å². The Kier molecular flexibility index (Phi) is 4.68. The van der Waals surface area contributed by atoms with E-state index in [-0.39, 0.29) is 22.9 Å². The molecule has 0 aliphatic rings. The monoisotopic (exact) mass is 310 g/mol. The summed E-state index contributed by atoms with van der Waals surface area (Å²) in [4.78, 5) is 11.9. The first-order valence-corrected chi connectivity index (χ1v) is 7.25. The van der Waals surface area contributed by atoms with Crippen LogP contribution in [0.25, 0.3) is 0 Å². The summed E-state index contributed by atoms with van der Waals surface area (Å²) in [7, 11) is 0. The average Bonchev–Trinajstić information content (AvgIpc) is 2.40. The van der Waals surface area contributed by atoms with Gasteiger partial charge in [-0.05, 0) is 31.2 Å². The molecule has 5 heteroatoms. The molecule has 2 rings (SSSR count). The molecule has 0 radical (unpaired) electrons. The number of thioether (sulfide) groups is 1. The maximum absolute atomic E-state index is 13.5. The molecule has 2 aromatic rings. The molecule has 0 spiro atoms. The Morgan fingerprint density at radius 1 is 1.35 bits per heavy atom. The van der Waals surface area contributed by atoms with Crippen LogP contribution >= 0.6 is 23.4 Å². The molecule has 2 aromatic carbocycles. The van der Waals surface area contributed by atoms with E-state index in [0.29, 0.717) is 21.2 Å². The predicted octanol–water partition coefficient (Wildman–Crippen LogP) is 4.68. The lowest BCUT2D eigenvalue weighted by molar-refractivity contribution is 0.101. The van der Waals surface area contributed by atoms with E-state index in [9.17, 15) is 14.3 Å². The van der Waals surface area contributed by atoms with E-state index >= 15 is 0 Å². The fraction of sp³-hybridized carbons (Fsp3) is 0.133. The third-order valence-corrected chi connectivity index (χ3v) is 4.07. The van der Waals surface area contributed by atoms with E-state index in [1.165, 1.54) is 30.8 Å². The highest BCUT2D eigenvalue weighted by Crippen LogP contribution is 2.33. The highest BCUT2D eigenvalue weighted by molar-refractivity contribution is 7.98. The predicted molar refractivity (Wildman–Crippen MR) is 79.1 cm³/mol. The van der Waals surface area contributed by atoms with Crippen LogP contribution in [0.5, 0.6) is 5.75 Å². The van der Waals surface area contributed by atoms with Crippen LogP contribution in [0.4, 0.5) is 4.39 Å². The van der Waals surface area contributed by atoms with Crippen LogP contribution in [-0.2, 0) is 5.75 Å². The van der Waals surface area contributed by atoms with Gasteiger partial charge in [-0.25, -0.2) is 4.39 Å². The van der Waals surface area contributed by atoms with E-state index < -0.39 is 0 Å². The van der Waals surface area contributed by atoms with Gasteiger partial charge in [0.05, 0.1) is 5.56 Å². The van der Waals surface area contributed by atoms with Gasteiger partial charge in [-0.3, -0.25) is 4.79 Å². The fourth-order valence-electron chi connectivity index (χ4n) is 1.75. The van der Waals surface area contributed by atoms with Crippen molar-refractivity contribution in [3.63, 3.8) is 0 Å². The number of ketones is 1. The minimum absolute atomic E-state index is 0.0919. The molecule has 0 aliphatic carbocycles. The van der Waals surface area contributed by atoms with E-state index in [0.717, 1.165) is 0 Å². The molecule has 0 aliphatic heterocycles. The van der Waals surface area contributed by atoms with E-state index in [4.69, 9.17) is 11.6 Å². The van der Waals surface area contributed by atoms with Crippen molar-refractivity contribution in [3.8, 4) is 5.75 Å².